The van der Waals surface area contributed by atoms with Gasteiger partial charge in [-0.2, -0.15) is 0 Å². The van der Waals surface area contributed by atoms with Crippen LogP contribution in [0.25, 0.3) is 0 Å². The van der Waals surface area contributed by atoms with Crippen molar-refractivity contribution in [2.24, 2.45) is 0 Å². The number of carboxylic acid groups (broad SMARTS) is 1. The van der Waals surface area contributed by atoms with E-state index in [0.29, 0.717) is 5.56 Å². The van der Waals surface area contributed by atoms with Crippen molar-refractivity contribution < 1.29 is 19.8 Å². The topological polar surface area (TPSA) is 86.6 Å². The zero-order valence-electron chi connectivity index (χ0n) is 11.8. The van der Waals surface area contributed by atoms with Crippen LogP contribution in [0.15, 0.2) is 60.7 Å². The maximum Gasteiger partial charge on any atom is 0.326 e. The van der Waals surface area contributed by atoms with Gasteiger partial charge in [-0.3, -0.25) is 4.79 Å². The third kappa shape index (κ3) is 4.17. The van der Waals surface area contributed by atoms with Crippen LogP contribution in [-0.4, -0.2) is 28.1 Å². The number of aliphatic hydroxyl groups excluding tert-OH is 1. The van der Waals surface area contributed by atoms with Gasteiger partial charge in [0, 0.05) is 6.42 Å². The molecule has 2 atom stereocenters. The summed E-state index contributed by atoms with van der Waals surface area (Å²) in [7, 11) is 0. The Labute approximate surface area is 128 Å². The fourth-order valence-corrected chi connectivity index (χ4v) is 2.09. The van der Waals surface area contributed by atoms with Crippen LogP contribution in [0.3, 0.4) is 0 Å². The van der Waals surface area contributed by atoms with E-state index in [1.54, 1.807) is 54.6 Å². The van der Waals surface area contributed by atoms with Gasteiger partial charge in [0.05, 0.1) is 0 Å². The van der Waals surface area contributed by atoms with E-state index in [9.17, 15) is 19.8 Å². The molecule has 0 bridgehead atoms. The Morgan fingerprint density at radius 3 is 2.05 bits per heavy atom. The minimum Gasteiger partial charge on any atom is -0.480 e. The van der Waals surface area contributed by atoms with Gasteiger partial charge in [-0.15, -0.1) is 0 Å². The Morgan fingerprint density at radius 2 is 1.50 bits per heavy atom. The van der Waals surface area contributed by atoms with Crippen molar-refractivity contribution in [3.8, 4) is 0 Å². The van der Waals surface area contributed by atoms with Crippen LogP contribution in [0.2, 0.25) is 0 Å². The summed E-state index contributed by atoms with van der Waals surface area (Å²) >= 11 is 0. The zero-order chi connectivity index (χ0) is 15.9. The summed E-state index contributed by atoms with van der Waals surface area (Å²) in [6.07, 6.45) is -1.23. The largest absolute Gasteiger partial charge is 0.480 e. The Morgan fingerprint density at radius 1 is 0.955 bits per heavy atom. The number of benzene rings is 2. The summed E-state index contributed by atoms with van der Waals surface area (Å²) in [5, 5.41) is 21.6. The maximum atomic E-state index is 12.0. The minimum absolute atomic E-state index is 0.156. The molecule has 0 aromatic heterocycles. The lowest BCUT2D eigenvalue weighted by Crippen LogP contribution is -2.44. The van der Waals surface area contributed by atoms with Crippen molar-refractivity contribution in [2.75, 3.05) is 0 Å². The molecule has 1 amide bonds. The number of aliphatic carboxylic acids is 1. The summed E-state index contributed by atoms with van der Waals surface area (Å²) in [4.78, 5) is 23.3. The van der Waals surface area contributed by atoms with Crippen LogP contribution < -0.4 is 5.32 Å². The van der Waals surface area contributed by atoms with Gasteiger partial charge < -0.3 is 15.5 Å². The number of hydrogen-bond acceptors (Lipinski definition) is 3. The van der Waals surface area contributed by atoms with E-state index in [-0.39, 0.29) is 6.42 Å². The third-order valence-corrected chi connectivity index (χ3v) is 3.26. The van der Waals surface area contributed by atoms with Crippen molar-refractivity contribution in [3.63, 3.8) is 0 Å². The molecule has 2 aromatic carbocycles. The Kier molecular flexibility index (Phi) is 5.27. The molecule has 0 heterocycles. The number of rotatable bonds is 6. The second-order valence-electron chi connectivity index (χ2n) is 4.90. The fourth-order valence-electron chi connectivity index (χ4n) is 2.09. The van der Waals surface area contributed by atoms with Gasteiger partial charge in [-0.1, -0.05) is 60.7 Å². The fraction of sp³-hybridized carbons (Fsp3) is 0.176. The molecule has 0 saturated carbocycles. The number of aliphatic hydroxyl groups is 1. The highest BCUT2D eigenvalue weighted by molar-refractivity contribution is 5.87. The van der Waals surface area contributed by atoms with Crippen LogP contribution in [0.4, 0.5) is 0 Å². The second-order valence-corrected chi connectivity index (χ2v) is 4.90. The predicted octanol–water partition coefficient (Wildman–Crippen LogP) is 1.53. The standard InChI is InChI=1S/C17H17NO4/c19-15(13-9-5-2-6-10-13)16(20)18-14(17(21)22)11-12-7-3-1-4-8-12/h1-10,14-15,19H,11H2,(H,18,20)(H,21,22)/t14-,15-/m0/s1. The van der Waals surface area contributed by atoms with Crippen LogP contribution in [0.1, 0.15) is 17.2 Å². The van der Waals surface area contributed by atoms with E-state index in [1.807, 2.05) is 6.07 Å². The quantitative estimate of drug-likeness (QED) is 0.755. The predicted molar refractivity (Wildman–Crippen MR) is 81.1 cm³/mol. The lowest BCUT2D eigenvalue weighted by atomic mass is 10.0. The summed E-state index contributed by atoms with van der Waals surface area (Å²) in [6, 6.07) is 16.3. The average Bonchev–Trinajstić information content (AvgIpc) is 2.55. The molecule has 114 valence electrons. The molecule has 2 rings (SSSR count). The summed E-state index contributed by atoms with van der Waals surface area (Å²) in [5.41, 5.74) is 1.22. The zero-order valence-corrected chi connectivity index (χ0v) is 11.8. The highest BCUT2D eigenvalue weighted by Crippen LogP contribution is 2.13. The third-order valence-electron chi connectivity index (χ3n) is 3.26. The van der Waals surface area contributed by atoms with Gasteiger partial charge in [0.15, 0.2) is 6.10 Å². The molecule has 0 aliphatic carbocycles. The maximum absolute atomic E-state index is 12.0. The van der Waals surface area contributed by atoms with Crippen molar-refractivity contribution in [1.29, 1.82) is 0 Å². The summed E-state index contributed by atoms with van der Waals surface area (Å²) in [6.45, 7) is 0. The molecule has 0 fully saturated rings. The van der Waals surface area contributed by atoms with Crippen molar-refractivity contribution >= 4 is 11.9 Å². The average molecular weight is 299 g/mol. The molecule has 2 aromatic rings. The van der Waals surface area contributed by atoms with Crippen LogP contribution >= 0.6 is 0 Å². The molecule has 0 saturated heterocycles. The van der Waals surface area contributed by atoms with E-state index >= 15 is 0 Å². The number of amides is 1. The molecule has 0 aliphatic heterocycles. The highest BCUT2D eigenvalue weighted by atomic mass is 16.4. The first-order valence-electron chi connectivity index (χ1n) is 6.88. The Hall–Kier alpha value is -2.66. The normalized spacial score (nSPS) is 13.1. The van der Waals surface area contributed by atoms with Crippen molar-refractivity contribution in [3.05, 3.63) is 71.8 Å². The number of carboxylic acids is 1. The van der Waals surface area contributed by atoms with Crippen molar-refractivity contribution in [2.45, 2.75) is 18.6 Å². The van der Waals surface area contributed by atoms with Gasteiger partial charge in [-0.05, 0) is 11.1 Å². The Balaban J connectivity index is 2.04. The molecule has 5 heteroatoms. The monoisotopic (exact) mass is 299 g/mol. The van der Waals surface area contributed by atoms with Crippen LogP contribution in [0.5, 0.6) is 0 Å². The van der Waals surface area contributed by atoms with Gasteiger partial charge in [0.2, 0.25) is 0 Å². The lowest BCUT2D eigenvalue weighted by molar-refractivity contribution is -0.143. The van der Waals surface area contributed by atoms with Gasteiger partial charge in [0.1, 0.15) is 6.04 Å². The van der Waals surface area contributed by atoms with Crippen molar-refractivity contribution in [1.82, 2.24) is 5.32 Å². The van der Waals surface area contributed by atoms with E-state index in [2.05, 4.69) is 5.32 Å². The second kappa shape index (κ2) is 7.38. The first kappa shape index (κ1) is 15.7. The van der Waals surface area contributed by atoms with E-state index < -0.39 is 24.0 Å². The molecular weight excluding hydrogens is 282 g/mol. The molecule has 0 radical (unpaired) electrons. The molecule has 22 heavy (non-hydrogen) atoms. The molecule has 3 N–H and O–H groups in total. The first-order chi connectivity index (χ1) is 10.6. The van der Waals surface area contributed by atoms with Crippen LogP contribution in [0, 0.1) is 0 Å². The van der Waals surface area contributed by atoms with E-state index in [4.69, 9.17) is 0 Å². The molecule has 0 spiro atoms. The summed E-state index contributed by atoms with van der Waals surface area (Å²) < 4.78 is 0. The number of nitrogens with one attached hydrogen (secondary N) is 1. The Bertz CT molecular complexity index is 628. The molecule has 0 unspecified atom stereocenters. The number of hydrogen-bond donors (Lipinski definition) is 3. The van der Waals surface area contributed by atoms with Gasteiger partial charge >= 0.3 is 5.97 Å². The highest BCUT2D eigenvalue weighted by Gasteiger charge is 2.25. The number of carbonyl (C=O) groups excluding carboxylic acids is 1. The molecule has 5 nitrogen and oxygen atoms in total. The van der Waals surface area contributed by atoms with E-state index in [0.717, 1.165) is 5.56 Å². The SMILES string of the molecule is O=C(O)[C@H](Cc1ccccc1)NC(=O)[C@@H](O)c1ccccc1. The minimum atomic E-state index is -1.39. The van der Waals surface area contributed by atoms with Gasteiger partial charge in [-0.25, -0.2) is 4.79 Å². The van der Waals surface area contributed by atoms with E-state index in [1.165, 1.54) is 0 Å². The smallest absolute Gasteiger partial charge is 0.326 e. The summed E-state index contributed by atoms with van der Waals surface area (Å²) in [5.74, 6) is -1.87. The molecular formula is C17H17NO4. The van der Waals surface area contributed by atoms with Gasteiger partial charge in [0.25, 0.3) is 5.91 Å². The molecule has 0 aliphatic rings. The van der Waals surface area contributed by atoms with Crippen LogP contribution in [-0.2, 0) is 16.0 Å². The first-order valence-corrected chi connectivity index (χ1v) is 6.88. The number of carbonyl (C=O) groups is 2. The lowest BCUT2D eigenvalue weighted by Gasteiger charge is -2.17.